The quantitative estimate of drug-likeness (QED) is 0.842. The molecule has 4 saturated carbocycles. The van der Waals surface area contributed by atoms with Crippen LogP contribution in [0.5, 0.6) is 0 Å². The maximum Gasteiger partial charge on any atom is 0.250 e. The molecule has 5 fully saturated rings. The maximum absolute atomic E-state index is 13.6. The summed E-state index contributed by atoms with van der Waals surface area (Å²) in [6.45, 7) is 3.03. The lowest BCUT2D eigenvalue weighted by Crippen LogP contribution is -2.79. The second-order valence-corrected chi connectivity index (χ2v) is 9.88. The van der Waals surface area contributed by atoms with E-state index in [0.29, 0.717) is 24.8 Å². The lowest BCUT2D eigenvalue weighted by Gasteiger charge is -2.75. The third-order valence-electron chi connectivity index (χ3n) is 7.74. The topological polar surface area (TPSA) is 60.0 Å². The van der Waals surface area contributed by atoms with Crippen molar-refractivity contribution in [3.63, 3.8) is 0 Å². The van der Waals surface area contributed by atoms with E-state index in [4.69, 9.17) is 10.7 Å². The summed E-state index contributed by atoms with van der Waals surface area (Å²) in [6.07, 6.45) is 9.65. The minimum atomic E-state index is -2.47. The minimum Gasteiger partial charge on any atom is -0.383 e. The van der Waals surface area contributed by atoms with Gasteiger partial charge < -0.3 is 10.3 Å². The highest BCUT2D eigenvalue weighted by Gasteiger charge is 2.72. The maximum atomic E-state index is 13.6. The van der Waals surface area contributed by atoms with Gasteiger partial charge in [0.2, 0.25) is 0 Å². The second kappa shape index (κ2) is 5.56. The lowest BCUT2D eigenvalue weighted by atomic mass is 9.43. The Morgan fingerprint density at radius 3 is 2.41 bits per heavy atom. The van der Waals surface area contributed by atoms with Crippen LogP contribution in [0.3, 0.4) is 0 Å². The van der Waals surface area contributed by atoms with Crippen LogP contribution in [0.15, 0.2) is 18.5 Å². The van der Waals surface area contributed by atoms with Gasteiger partial charge in [0.25, 0.3) is 5.92 Å². The van der Waals surface area contributed by atoms with E-state index in [2.05, 4.69) is 26.7 Å². The highest BCUT2D eigenvalue weighted by atomic mass is 19.3. The largest absolute Gasteiger partial charge is 0.383 e. The Balaban J connectivity index is 1.26. The van der Waals surface area contributed by atoms with Crippen molar-refractivity contribution in [1.29, 1.82) is 0 Å². The molecule has 0 amide bonds. The van der Waals surface area contributed by atoms with Crippen LogP contribution in [0.25, 0.3) is 11.3 Å². The fraction of sp³-hybridized carbons (Fsp3) is 0.636. The van der Waals surface area contributed by atoms with Crippen molar-refractivity contribution in [3.8, 4) is 11.3 Å². The summed E-state index contributed by atoms with van der Waals surface area (Å²) in [5, 5.41) is 0. The van der Waals surface area contributed by atoms with Crippen molar-refractivity contribution in [2.75, 3.05) is 18.8 Å². The highest BCUT2D eigenvalue weighted by molar-refractivity contribution is 5.61. The van der Waals surface area contributed by atoms with E-state index < -0.39 is 5.92 Å². The van der Waals surface area contributed by atoms with Crippen LogP contribution in [0, 0.1) is 6.92 Å². The molecule has 29 heavy (non-hydrogen) atoms. The fourth-order valence-corrected chi connectivity index (χ4v) is 5.85. The van der Waals surface area contributed by atoms with Crippen LogP contribution < -0.4 is 5.73 Å². The van der Waals surface area contributed by atoms with Crippen LogP contribution >= 0.6 is 0 Å². The average Bonchev–Trinajstić information content (AvgIpc) is 3.36. The fourth-order valence-electron chi connectivity index (χ4n) is 5.85. The van der Waals surface area contributed by atoms with E-state index in [1.807, 2.05) is 13.1 Å². The first-order valence-electron chi connectivity index (χ1n) is 10.7. The van der Waals surface area contributed by atoms with E-state index in [1.165, 1.54) is 18.7 Å². The smallest absolute Gasteiger partial charge is 0.250 e. The van der Waals surface area contributed by atoms with Crippen LogP contribution in [0.2, 0.25) is 0 Å². The summed E-state index contributed by atoms with van der Waals surface area (Å²) >= 11 is 0. The van der Waals surface area contributed by atoms with E-state index in [9.17, 15) is 8.78 Å². The summed E-state index contributed by atoms with van der Waals surface area (Å²) in [4.78, 5) is 11.7. The molecule has 7 rings (SSSR count). The van der Waals surface area contributed by atoms with E-state index in [-0.39, 0.29) is 23.9 Å². The first-order chi connectivity index (χ1) is 13.8. The van der Waals surface area contributed by atoms with Gasteiger partial charge in [0.1, 0.15) is 11.6 Å². The molecule has 0 aromatic carbocycles. The number of piperidine rings is 1. The van der Waals surface area contributed by atoms with Gasteiger partial charge in [-0.1, -0.05) is 0 Å². The molecule has 2 N–H and O–H groups in total. The Hall–Kier alpha value is -2.02. The Bertz CT molecular complexity index is 963. The molecule has 1 aliphatic heterocycles. The zero-order chi connectivity index (χ0) is 20.0. The van der Waals surface area contributed by atoms with Gasteiger partial charge in [-0.2, -0.15) is 0 Å². The number of halogens is 2. The summed E-state index contributed by atoms with van der Waals surface area (Å²) in [5.41, 5.74) is 9.12. The first-order valence-corrected chi connectivity index (χ1v) is 10.7. The number of nitrogen functional groups attached to an aromatic ring is 1. The number of imidazole rings is 1. The van der Waals surface area contributed by atoms with Crippen LogP contribution in [0.4, 0.5) is 14.6 Å². The van der Waals surface area contributed by atoms with Crippen LogP contribution in [-0.4, -0.2) is 44.0 Å². The molecule has 2 bridgehead atoms. The number of nitrogens with two attached hydrogens (primary N) is 1. The van der Waals surface area contributed by atoms with Gasteiger partial charge in [0, 0.05) is 55.3 Å². The first kappa shape index (κ1) is 17.8. The lowest BCUT2D eigenvalue weighted by molar-refractivity contribution is -0.223. The van der Waals surface area contributed by atoms with E-state index in [0.717, 1.165) is 36.1 Å². The molecule has 154 valence electrons. The number of likely N-dealkylation sites (tertiary alicyclic amines) is 1. The molecule has 2 aromatic heterocycles. The third-order valence-corrected chi connectivity index (χ3v) is 7.74. The third kappa shape index (κ3) is 2.59. The standard InChI is InChI=1S/C22H27F2N5/c1-14-8-16(9-26-18(14)25)17-10-29(19(27-17)15-2-3-15)21-11-20(12-21,13-21)28-6-4-22(23,24)5-7-28/h8-10,15H,2-7,11-13H2,1H3,(H2,25,26). The number of nitrogens with zero attached hydrogens (tertiary/aromatic N) is 4. The van der Waals surface area contributed by atoms with Gasteiger partial charge >= 0.3 is 0 Å². The number of hydrogen-bond donors (Lipinski definition) is 1. The van der Waals surface area contributed by atoms with Crippen LogP contribution in [0.1, 0.15) is 62.3 Å². The van der Waals surface area contributed by atoms with E-state index in [1.54, 1.807) is 0 Å². The number of rotatable bonds is 4. The monoisotopic (exact) mass is 399 g/mol. The number of hydrogen-bond acceptors (Lipinski definition) is 4. The molecular weight excluding hydrogens is 372 g/mol. The van der Waals surface area contributed by atoms with Crippen molar-refractivity contribution in [3.05, 3.63) is 29.8 Å². The second-order valence-electron chi connectivity index (χ2n) is 9.88. The number of aryl methyl sites for hydroxylation is 1. The van der Waals surface area contributed by atoms with Crippen molar-refractivity contribution in [2.24, 2.45) is 0 Å². The molecule has 0 atom stereocenters. The molecule has 5 nitrogen and oxygen atoms in total. The predicted octanol–water partition coefficient (Wildman–Crippen LogP) is 4.08. The summed E-state index contributed by atoms with van der Waals surface area (Å²) in [5.74, 6) is -0.149. The van der Waals surface area contributed by atoms with Crippen molar-refractivity contribution in [2.45, 2.75) is 74.8 Å². The van der Waals surface area contributed by atoms with Gasteiger partial charge in [0.15, 0.2) is 0 Å². The van der Waals surface area contributed by atoms with Gasteiger partial charge in [-0.25, -0.2) is 18.7 Å². The van der Waals surface area contributed by atoms with Crippen molar-refractivity contribution >= 4 is 5.82 Å². The Labute approximate surface area is 169 Å². The molecule has 2 aromatic rings. The Kier molecular flexibility index (Phi) is 3.42. The summed E-state index contributed by atoms with van der Waals surface area (Å²) in [6, 6.07) is 2.06. The predicted molar refractivity (Wildman–Crippen MR) is 107 cm³/mol. The van der Waals surface area contributed by atoms with Gasteiger partial charge in [0.05, 0.1) is 11.2 Å². The molecule has 1 saturated heterocycles. The van der Waals surface area contributed by atoms with Gasteiger partial charge in [-0.3, -0.25) is 4.90 Å². The zero-order valence-corrected chi connectivity index (χ0v) is 16.8. The SMILES string of the molecule is Cc1cc(-c2cn(C34CC(N5CCC(F)(F)CC5)(C3)C4)c(C3CC3)n2)cnc1N. The minimum absolute atomic E-state index is 0.00773. The van der Waals surface area contributed by atoms with Crippen LogP contribution in [-0.2, 0) is 5.54 Å². The van der Waals surface area contributed by atoms with Gasteiger partial charge in [-0.15, -0.1) is 0 Å². The molecule has 5 aliphatic rings. The highest BCUT2D eigenvalue weighted by Crippen LogP contribution is 2.69. The van der Waals surface area contributed by atoms with Crippen molar-refractivity contribution < 1.29 is 8.78 Å². The summed E-state index contributed by atoms with van der Waals surface area (Å²) < 4.78 is 29.5. The molecule has 0 radical (unpaired) electrons. The molecule has 0 spiro atoms. The summed E-state index contributed by atoms with van der Waals surface area (Å²) in [7, 11) is 0. The zero-order valence-electron chi connectivity index (χ0n) is 16.8. The average molecular weight is 399 g/mol. The number of pyridine rings is 1. The molecule has 7 heteroatoms. The molecule has 4 aliphatic carbocycles. The Morgan fingerprint density at radius 1 is 1.10 bits per heavy atom. The molecule has 0 unspecified atom stereocenters. The Morgan fingerprint density at radius 2 is 1.79 bits per heavy atom. The number of alkyl halides is 2. The molecular formula is C22H27F2N5. The molecule has 3 heterocycles. The normalized spacial score (nSPS) is 33.2. The number of aromatic nitrogens is 3. The number of anilines is 1. The van der Waals surface area contributed by atoms with Gasteiger partial charge in [-0.05, 0) is 50.7 Å². The van der Waals surface area contributed by atoms with E-state index >= 15 is 0 Å². The van der Waals surface area contributed by atoms with Crippen molar-refractivity contribution in [1.82, 2.24) is 19.4 Å².